The highest BCUT2D eigenvalue weighted by Gasteiger charge is 2.33. The lowest BCUT2D eigenvalue weighted by Crippen LogP contribution is -2.48. The summed E-state index contributed by atoms with van der Waals surface area (Å²) in [7, 11) is 2.04. The molecule has 0 unspecified atom stereocenters. The first-order valence-electron chi connectivity index (χ1n) is 6.78. The van der Waals surface area contributed by atoms with Crippen LogP contribution in [-0.4, -0.2) is 60.0 Å². The van der Waals surface area contributed by atoms with Crippen LogP contribution in [-0.2, 0) is 9.59 Å². The molecule has 2 aliphatic heterocycles. The molecule has 0 radical (unpaired) electrons. The zero-order valence-electron chi connectivity index (χ0n) is 11.0. The Morgan fingerprint density at radius 3 is 2.39 bits per heavy atom. The predicted molar refractivity (Wildman–Crippen MR) is 67.2 cm³/mol. The number of hydrogen-bond donors (Lipinski definition) is 1. The van der Waals surface area contributed by atoms with Gasteiger partial charge in [-0.2, -0.15) is 0 Å². The molecule has 1 amide bonds. The Kier molecular flexibility index (Phi) is 4.22. The largest absolute Gasteiger partial charge is 0.481 e. The number of hydrogen-bond acceptors (Lipinski definition) is 3. The van der Waals surface area contributed by atoms with Crippen molar-refractivity contribution in [2.75, 3.05) is 33.2 Å². The number of rotatable bonds is 2. The first-order chi connectivity index (χ1) is 8.58. The highest BCUT2D eigenvalue weighted by molar-refractivity contribution is 5.80. The maximum atomic E-state index is 12.4. The second-order valence-corrected chi connectivity index (χ2v) is 5.56. The zero-order chi connectivity index (χ0) is 13.1. The highest BCUT2D eigenvalue weighted by atomic mass is 16.4. The van der Waals surface area contributed by atoms with Gasteiger partial charge in [0.05, 0.1) is 11.8 Å². The van der Waals surface area contributed by atoms with Crippen LogP contribution in [0, 0.1) is 11.8 Å². The summed E-state index contributed by atoms with van der Waals surface area (Å²) < 4.78 is 0. The molecule has 0 saturated carbocycles. The van der Waals surface area contributed by atoms with E-state index >= 15 is 0 Å². The van der Waals surface area contributed by atoms with E-state index in [4.69, 9.17) is 5.11 Å². The standard InChI is InChI=1S/C13H22N2O3/c1-14-6-2-4-10(8-14)12(16)15-7-3-5-11(9-15)13(17)18/h10-11H,2-9H2,1H3,(H,17,18)/t10-,11+/m1/s1. The fourth-order valence-electron chi connectivity index (χ4n) is 3.01. The molecule has 102 valence electrons. The Labute approximate surface area is 108 Å². The number of nitrogens with zero attached hydrogens (tertiary/aromatic N) is 2. The molecule has 0 bridgehead atoms. The van der Waals surface area contributed by atoms with E-state index < -0.39 is 5.97 Å². The monoisotopic (exact) mass is 254 g/mol. The van der Waals surface area contributed by atoms with Crippen LogP contribution in [0.4, 0.5) is 0 Å². The van der Waals surface area contributed by atoms with Gasteiger partial charge in [-0.05, 0) is 39.3 Å². The SMILES string of the molecule is CN1CCC[C@@H](C(=O)N2CCC[C@H](C(=O)O)C2)C1. The van der Waals surface area contributed by atoms with E-state index in [2.05, 4.69) is 4.90 Å². The van der Waals surface area contributed by atoms with Crippen molar-refractivity contribution in [3.05, 3.63) is 0 Å². The maximum Gasteiger partial charge on any atom is 0.308 e. The molecule has 5 heteroatoms. The van der Waals surface area contributed by atoms with Gasteiger partial charge in [-0.1, -0.05) is 0 Å². The second kappa shape index (κ2) is 5.69. The topological polar surface area (TPSA) is 60.9 Å². The molecule has 0 aliphatic carbocycles. The fraction of sp³-hybridized carbons (Fsp3) is 0.846. The van der Waals surface area contributed by atoms with E-state index in [9.17, 15) is 9.59 Å². The van der Waals surface area contributed by atoms with Gasteiger partial charge in [-0.15, -0.1) is 0 Å². The average Bonchev–Trinajstić information content (AvgIpc) is 2.38. The van der Waals surface area contributed by atoms with E-state index in [1.165, 1.54) is 0 Å². The van der Waals surface area contributed by atoms with Gasteiger partial charge in [0.2, 0.25) is 5.91 Å². The lowest BCUT2D eigenvalue weighted by molar-refractivity contribution is -0.147. The number of carboxylic acids is 1. The van der Waals surface area contributed by atoms with Gasteiger partial charge in [0, 0.05) is 19.6 Å². The summed E-state index contributed by atoms with van der Waals surface area (Å²) in [5, 5.41) is 9.04. The smallest absolute Gasteiger partial charge is 0.308 e. The molecule has 2 atom stereocenters. The molecule has 0 aromatic rings. The molecule has 0 spiro atoms. The van der Waals surface area contributed by atoms with Crippen molar-refractivity contribution in [1.29, 1.82) is 0 Å². The summed E-state index contributed by atoms with van der Waals surface area (Å²) in [4.78, 5) is 27.3. The summed E-state index contributed by atoms with van der Waals surface area (Å²) in [6.07, 6.45) is 3.51. The molecule has 2 saturated heterocycles. The quantitative estimate of drug-likeness (QED) is 0.786. The van der Waals surface area contributed by atoms with Crippen molar-refractivity contribution in [3.63, 3.8) is 0 Å². The summed E-state index contributed by atoms with van der Waals surface area (Å²) >= 11 is 0. The summed E-state index contributed by atoms with van der Waals surface area (Å²) in [5.74, 6) is -0.916. The number of amides is 1. The molecule has 2 aliphatic rings. The van der Waals surface area contributed by atoms with Crippen molar-refractivity contribution in [2.24, 2.45) is 11.8 Å². The Morgan fingerprint density at radius 2 is 1.72 bits per heavy atom. The van der Waals surface area contributed by atoms with Crippen LogP contribution in [0.15, 0.2) is 0 Å². The normalized spacial score (nSPS) is 30.2. The molecule has 1 N–H and O–H groups in total. The third-order valence-corrected chi connectivity index (χ3v) is 4.06. The third-order valence-electron chi connectivity index (χ3n) is 4.06. The van der Waals surface area contributed by atoms with Crippen LogP contribution >= 0.6 is 0 Å². The molecule has 0 aromatic heterocycles. The Bertz CT molecular complexity index is 332. The van der Waals surface area contributed by atoms with Crippen molar-refractivity contribution < 1.29 is 14.7 Å². The molecular formula is C13H22N2O3. The third kappa shape index (κ3) is 3.02. The van der Waals surface area contributed by atoms with Gasteiger partial charge in [0.1, 0.15) is 0 Å². The van der Waals surface area contributed by atoms with Crippen molar-refractivity contribution in [3.8, 4) is 0 Å². The van der Waals surface area contributed by atoms with Crippen LogP contribution < -0.4 is 0 Å². The summed E-state index contributed by atoms with van der Waals surface area (Å²) in [5.41, 5.74) is 0. The molecule has 2 heterocycles. The summed E-state index contributed by atoms with van der Waals surface area (Å²) in [6, 6.07) is 0. The minimum atomic E-state index is -0.770. The van der Waals surface area contributed by atoms with Gasteiger partial charge in [0.25, 0.3) is 0 Å². The summed E-state index contributed by atoms with van der Waals surface area (Å²) in [6.45, 7) is 2.99. The first-order valence-corrected chi connectivity index (χ1v) is 6.78. The number of carbonyl (C=O) groups excluding carboxylic acids is 1. The minimum absolute atomic E-state index is 0.0660. The van der Waals surface area contributed by atoms with Gasteiger partial charge < -0.3 is 14.9 Å². The Balaban J connectivity index is 1.93. The maximum absolute atomic E-state index is 12.4. The predicted octanol–water partition coefficient (Wildman–Crippen LogP) is 0.651. The van der Waals surface area contributed by atoms with Gasteiger partial charge in [-0.3, -0.25) is 9.59 Å². The number of piperidine rings is 2. The van der Waals surface area contributed by atoms with Gasteiger partial charge in [0.15, 0.2) is 0 Å². The Hall–Kier alpha value is -1.10. The van der Waals surface area contributed by atoms with Crippen molar-refractivity contribution in [1.82, 2.24) is 9.80 Å². The van der Waals surface area contributed by atoms with E-state index in [0.717, 1.165) is 38.9 Å². The molecule has 18 heavy (non-hydrogen) atoms. The lowest BCUT2D eigenvalue weighted by atomic mass is 9.93. The van der Waals surface area contributed by atoms with E-state index in [1.54, 1.807) is 4.90 Å². The van der Waals surface area contributed by atoms with Crippen molar-refractivity contribution in [2.45, 2.75) is 25.7 Å². The van der Waals surface area contributed by atoms with Crippen LogP contribution in [0.1, 0.15) is 25.7 Å². The van der Waals surface area contributed by atoms with Crippen LogP contribution in [0.5, 0.6) is 0 Å². The van der Waals surface area contributed by atoms with E-state index in [-0.39, 0.29) is 17.7 Å². The van der Waals surface area contributed by atoms with E-state index in [1.807, 2.05) is 7.05 Å². The molecule has 2 fully saturated rings. The van der Waals surface area contributed by atoms with Crippen LogP contribution in [0.25, 0.3) is 0 Å². The fourth-order valence-corrected chi connectivity index (χ4v) is 3.01. The highest BCUT2D eigenvalue weighted by Crippen LogP contribution is 2.22. The molecule has 0 aromatic carbocycles. The number of carboxylic acid groups (broad SMARTS) is 1. The molecule has 2 rings (SSSR count). The van der Waals surface area contributed by atoms with Crippen LogP contribution in [0.3, 0.4) is 0 Å². The number of carbonyl (C=O) groups is 2. The van der Waals surface area contributed by atoms with Crippen molar-refractivity contribution >= 4 is 11.9 Å². The number of aliphatic carboxylic acids is 1. The van der Waals surface area contributed by atoms with Gasteiger partial charge >= 0.3 is 5.97 Å². The second-order valence-electron chi connectivity index (χ2n) is 5.56. The zero-order valence-corrected chi connectivity index (χ0v) is 11.0. The molecule has 5 nitrogen and oxygen atoms in total. The van der Waals surface area contributed by atoms with E-state index in [0.29, 0.717) is 13.0 Å². The average molecular weight is 254 g/mol. The van der Waals surface area contributed by atoms with Crippen LogP contribution in [0.2, 0.25) is 0 Å². The Morgan fingerprint density at radius 1 is 1.06 bits per heavy atom. The first kappa shape index (κ1) is 13.3. The number of likely N-dealkylation sites (tertiary alicyclic amines) is 2. The van der Waals surface area contributed by atoms with Gasteiger partial charge in [-0.25, -0.2) is 0 Å². The molecular weight excluding hydrogens is 232 g/mol. The lowest BCUT2D eigenvalue weighted by Gasteiger charge is -2.36. The minimum Gasteiger partial charge on any atom is -0.481 e.